The number of hydrogen-bond acceptors (Lipinski definition) is 5. The van der Waals surface area contributed by atoms with Crippen molar-refractivity contribution >= 4 is 21.8 Å². The van der Waals surface area contributed by atoms with Gasteiger partial charge in [-0.25, -0.2) is 8.42 Å². The van der Waals surface area contributed by atoms with Gasteiger partial charge in [-0.1, -0.05) is 24.3 Å². The molecule has 30 heavy (non-hydrogen) atoms. The molecular weight excluding hydrogens is 406 g/mol. The van der Waals surface area contributed by atoms with E-state index in [1.165, 1.54) is 16.4 Å². The monoisotopic (exact) mass is 431 g/mol. The predicted octanol–water partition coefficient (Wildman–Crippen LogP) is 1.68. The number of nitrogens with one attached hydrogen (secondary N) is 2. The van der Waals surface area contributed by atoms with Gasteiger partial charge in [0.1, 0.15) is 11.8 Å². The van der Waals surface area contributed by atoms with Crippen LogP contribution in [0, 0.1) is 13.8 Å². The zero-order chi connectivity index (χ0) is 21.7. The molecule has 1 unspecified atom stereocenters. The lowest BCUT2D eigenvalue weighted by molar-refractivity contribution is -0.131. The first-order valence-corrected chi connectivity index (χ1v) is 11.1. The fourth-order valence-electron chi connectivity index (χ4n) is 3.22. The highest BCUT2D eigenvalue weighted by atomic mass is 32.2. The second kappa shape index (κ2) is 9.27. The van der Waals surface area contributed by atoms with Gasteiger partial charge in [0.25, 0.3) is 11.8 Å². The highest BCUT2D eigenvalue weighted by Gasteiger charge is 2.39. The summed E-state index contributed by atoms with van der Waals surface area (Å²) in [5.74, 6) is -0.570. The Morgan fingerprint density at radius 1 is 1.07 bits per heavy atom. The van der Waals surface area contributed by atoms with Gasteiger partial charge >= 0.3 is 0 Å². The fraction of sp³-hybridized carbons (Fsp3) is 0.333. The Morgan fingerprint density at radius 3 is 2.50 bits per heavy atom. The summed E-state index contributed by atoms with van der Waals surface area (Å²) in [6.07, 6.45) is 0.945. The molecule has 0 aliphatic carbocycles. The highest BCUT2D eigenvalue weighted by molar-refractivity contribution is 7.89. The van der Waals surface area contributed by atoms with Crippen LogP contribution in [0.5, 0.6) is 5.75 Å². The van der Waals surface area contributed by atoms with E-state index in [4.69, 9.17) is 4.74 Å². The SMILES string of the molecule is Cc1ccc(OCC(=O)NNC(=O)C2CCCN2S(=O)(=O)c2ccccc2)cc1C. The number of hydrazine groups is 1. The van der Waals surface area contributed by atoms with Crippen LogP contribution in [0.4, 0.5) is 0 Å². The third kappa shape index (κ3) is 4.98. The molecule has 2 N–H and O–H groups in total. The zero-order valence-corrected chi connectivity index (χ0v) is 17.7. The highest BCUT2D eigenvalue weighted by Crippen LogP contribution is 2.26. The molecule has 3 rings (SSSR count). The van der Waals surface area contributed by atoms with Gasteiger partial charge in [-0.15, -0.1) is 0 Å². The topological polar surface area (TPSA) is 105 Å². The van der Waals surface area contributed by atoms with E-state index >= 15 is 0 Å². The van der Waals surface area contributed by atoms with Crippen molar-refractivity contribution in [3.8, 4) is 5.75 Å². The molecule has 1 aliphatic rings. The molecule has 1 heterocycles. The smallest absolute Gasteiger partial charge is 0.276 e. The molecule has 8 nitrogen and oxygen atoms in total. The first kappa shape index (κ1) is 21.8. The van der Waals surface area contributed by atoms with E-state index < -0.39 is 27.9 Å². The normalized spacial score (nSPS) is 16.8. The van der Waals surface area contributed by atoms with Gasteiger partial charge in [0, 0.05) is 6.54 Å². The largest absolute Gasteiger partial charge is 0.484 e. The number of benzene rings is 2. The zero-order valence-electron chi connectivity index (χ0n) is 16.9. The van der Waals surface area contributed by atoms with Crippen LogP contribution in [0.3, 0.4) is 0 Å². The Balaban J connectivity index is 1.54. The van der Waals surface area contributed by atoms with Gasteiger partial charge in [0.2, 0.25) is 10.0 Å². The van der Waals surface area contributed by atoms with Crippen molar-refractivity contribution in [3.05, 3.63) is 59.7 Å². The summed E-state index contributed by atoms with van der Waals surface area (Å²) in [7, 11) is -3.79. The van der Waals surface area contributed by atoms with Gasteiger partial charge in [0.15, 0.2) is 6.61 Å². The Hall–Kier alpha value is -2.91. The predicted molar refractivity (Wildman–Crippen MR) is 111 cm³/mol. The maximum atomic E-state index is 12.8. The van der Waals surface area contributed by atoms with Gasteiger partial charge in [-0.2, -0.15) is 4.31 Å². The summed E-state index contributed by atoms with van der Waals surface area (Å²) in [4.78, 5) is 24.7. The van der Waals surface area contributed by atoms with Gasteiger partial charge < -0.3 is 4.74 Å². The molecule has 1 aliphatic heterocycles. The third-order valence-electron chi connectivity index (χ3n) is 5.03. The minimum absolute atomic E-state index is 0.135. The lowest BCUT2D eigenvalue weighted by atomic mass is 10.1. The number of amides is 2. The maximum absolute atomic E-state index is 12.8. The standard InChI is InChI=1S/C21H25N3O5S/c1-15-10-11-17(13-16(15)2)29-14-20(25)22-23-21(26)19-9-6-12-24(19)30(27,28)18-7-4-3-5-8-18/h3-5,7-8,10-11,13,19H,6,9,12,14H2,1-2H3,(H,22,25)(H,23,26). The van der Waals surface area contributed by atoms with Crippen LogP contribution in [0.2, 0.25) is 0 Å². The molecule has 160 valence electrons. The van der Waals surface area contributed by atoms with Crippen molar-refractivity contribution in [1.82, 2.24) is 15.2 Å². The molecule has 2 aromatic carbocycles. The van der Waals surface area contributed by atoms with E-state index in [1.807, 2.05) is 26.0 Å². The molecule has 9 heteroatoms. The van der Waals surface area contributed by atoms with Crippen molar-refractivity contribution in [2.45, 2.75) is 37.6 Å². The molecule has 0 saturated carbocycles. The molecule has 1 saturated heterocycles. The minimum atomic E-state index is -3.79. The average molecular weight is 432 g/mol. The number of hydrogen-bond donors (Lipinski definition) is 2. The fourth-order valence-corrected chi connectivity index (χ4v) is 4.90. The first-order valence-electron chi connectivity index (χ1n) is 9.64. The van der Waals surface area contributed by atoms with E-state index in [0.29, 0.717) is 18.6 Å². The van der Waals surface area contributed by atoms with Gasteiger partial charge in [0.05, 0.1) is 4.90 Å². The van der Waals surface area contributed by atoms with Crippen LogP contribution in [-0.2, 0) is 19.6 Å². The minimum Gasteiger partial charge on any atom is -0.484 e. The van der Waals surface area contributed by atoms with Crippen LogP contribution in [-0.4, -0.2) is 43.7 Å². The van der Waals surface area contributed by atoms with Crippen molar-refractivity contribution < 1.29 is 22.7 Å². The Bertz CT molecular complexity index is 1020. The summed E-state index contributed by atoms with van der Waals surface area (Å²) in [5.41, 5.74) is 6.75. The number of nitrogens with zero attached hydrogens (tertiary/aromatic N) is 1. The Kier molecular flexibility index (Phi) is 6.73. The molecule has 0 radical (unpaired) electrons. The quantitative estimate of drug-likeness (QED) is 0.677. The van der Waals surface area contributed by atoms with E-state index in [-0.39, 0.29) is 18.0 Å². The second-order valence-electron chi connectivity index (χ2n) is 7.16. The second-order valence-corrected chi connectivity index (χ2v) is 9.05. The molecule has 1 fully saturated rings. The molecule has 2 aromatic rings. The summed E-state index contributed by atoms with van der Waals surface area (Å²) in [6.45, 7) is 3.89. The lowest BCUT2D eigenvalue weighted by Crippen LogP contribution is -2.52. The molecule has 2 amide bonds. The van der Waals surface area contributed by atoms with E-state index in [2.05, 4.69) is 10.9 Å². The van der Waals surface area contributed by atoms with Crippen LogP contribution in [0.25, 0.3) is 0 Å². The average Bonchev–Trinajstić information content (AvgIpc) is 3.24. The van der Waals surface area contributed by atoms with E-state index in [9.17, 15) is 18.0 Å². The Morgan fingerprint density at radius 2 is 1.80 bits per heavy atom. The number of sulfonamides is 1. The number of carbonyl (C=O) groups excluding carboxylic acids is 2. The molecule has 1 atom stereocenters. The number of aryl methyl sites for hydroxylation is 2. The summed E-state index contributed by atoms with van der Waals surface area (Å²) in [5, 5.41) is 0. The van der Waals surface area contributed by atoms with Crippen molar-refractivity contribution in [3.63, 3.8) is 0 Å². The third-order valence-corrected chi connectivity index (χ3v) is 6.95. The number of ether oxygens (including phenoxy) is 1. The number of rotatable bonds is 6. The first-order chi connectivity index (χ1) is 14.3. The van der Waals surface area contributed by atoms with Crippen LogP contribution in [0.1, 0.15) is 24.0 Å². The molecule has 0 bridgehead atoms. The van der Waals surface area contributed by atoms with Crippen LogP contribution in [0.15, 0.2) is 53.4 Å². The Labute approximate surface area is 176 Å². The van der Waals surface area contributed by atoms with Gasteiger partial charge in [-0.3, -0.25) is 20.4 Å². The summed E-state index contributed by atoms with van der Waals surface area (Å²) in [6, 6.07) is 12.6. The van der Waals surface area contributed by atoms with Gasteiger partial charge in [-0.05, 0) is 62.1 Å². The lowest BCUT2D eigenvalue weighted by Gasteiger charge is -2.23. The van der Waals surface area contributed by atoms with Crippen molar-refractivity contribution in [2.75, 3.05) is 13.2 Å². The number of carbonyl (C=O) groups is 2. The summed E-state index contributed by atoms with van der Waals surface area (Å²) < 4.78 is 32.3. The molecule has 0 spiro atoms. The van der Waals surface area contributed by atoms with E-state index in [0.717, 1.165) is 11.1 Å². The maximum Gasteiger partial charge on any atom is 0.276 e. The van der Waals surface area contributed by atoms with Crippen LogP contribution >= 0.6 is 0 Å². The molecule has 0 aromatic heterocycles. The summed E-state index contributed by atoms with van der Waals surface area (Å²) >= 11 is 0. The molecular formula is C21H25N3O5S. The van der Waals surface area contributed by atoms with E-state index in [1.54, 1.807) is 24.3 Å². The van der Waals surface area contributed by atoms with Crippen molar-refractivity contribution in [1.29, 1.82) is 0 Å². The van der Waals surface area contributed by atoms with Crippen LogP contribution < -0.4 is 15.6 Å². The van der Waals surface area contributed by atoms with Crippen molar-refractivity contribution in [2.24, 2.45) is 0 Å².